The lowest BCUT2D eigenvalue weighted by Gasteiger charge is -2.25. The van der Waals surface area contributed by atoms with Crippen LogP contribution in [0.5, 0.6) is 0 Å². The number of pyridine rings is 1. The van der Waals surface area contributed by atoms with Crippen LogP contribution in [0, 0.1) is 35.8 Å². The van der Waals surface area contributed by atoms with Crippen LogP contribution >= 0.6 is 0 Å². The molecule has 35 heavy (non-hydrogen) atoms. The normalized spacial score (nSPS) is 16.8. The smallest absolute Gasteiger partial charge is 0.257 e. The molecule has 1 fully saturated rings. The van der Waals surface area contributed by atoms with Gasteiger partial charge >= 0.3 is 0 Å². The Balaban J connectivity index is 1.57. The molecule has 0 N–H and O–H groups in total. The van der Waals surface area contributed by atoms with E-state index in [-0.39, 0.29) is 17.0 Å². The number of hydrogen-bond donors (Lipinski definition) is 0. The molecule has 0 saturated heterocycles. The summed E-state index contributed by atoms with van der Waals surface area (Å²) in [5.74, 6) is 4.70. The number of aromatic nitrogens is 5. The number of halogens is 4. The summed E-state index contributed by atoms with van der Waals surface area (Å²) in [7, 11) is 0. The first kappa shape index (κ1) is 21.8. The highest BCUT2D eigenvalue weighted by molar-refractivity contribution is 5.94. The van der Waals surface area contributed by atoms with Crippen LogP contribution < -0.4 is 4.90 Å². The van der Waals surface area contributed by atoms with Crippen molar-refractivity contribution in [2.75, 3.05) is 11.4 Å². The highest BCUT2D eigenvalue weighted by Crippen LogP contribution is 2.50. The van der Waals surface area contributed by atoms with Gasteiger partial charge in [0.25, 0.3) is 12.2 Å². The molecule has 0 spiro atoms. The molecular weight excluding hydrogens is 460 g/mol. The third-order valence-corrected chi connectivity index (χ3v) is 6.84. The number of hydrogen-bond acceptors (Lipinski definition) is 5. The lowest BCUT2D eigenvalue weighted by molar-refractivity contribution is 0.0921. The maximum Gasteiger partial charge on any atom is 0.257 e. The number of alkyl halides is 2. The van der Waals surface area contributed by atoms with Gasteiger partial charge in [-0.3, -0.25) is 9.38 Å². The van der Waals surface area contributed by atoms with Gasteiger partial charge in [0.2, 0.25) is 0 Å². The van der Waals surface area contributed by atoms with E-state index < -0.39 is 23.5 Å². The van der Waals surface area contributed by atoms with Gasteiger partial charge in [0.1, 0.15) is 11.6 Å². The number of rotatable bonds is 2. The van der Waals surface area contributed by atoms with E-state index in [0.29, 0.717) is 48.4 Å². The molecule has 10 heteroatoms. The van der Waals surface area contributed by atoms with E-state index in [9.17, 15) is 13.2 Å². The van der Waals surface area contributed by atoms with Gasteiger partial charge in [0, 0.05) is 18.3 Å². The van der Waals surface area contributed by atoms with Crippen LogP contribution in [0.4, 0.5) is 29.1 Å². The van der Waals surface area contributed by atoms with Crippen LogP contribution in [0.15, 0.2) is 24.5 Å². The molecule has 1 aliphatic heterocycles. The SMILES string of the molecule is Cc1nnc2nc(N3CCCCc4c(C#CC5(C(F)F)CC5)cncc43)c3c(F)c(F)ccc3n12. The Kier molecular flexibility index (Phi) is 4.91. The zero-order valence-corrected chi connectivity index (χ0v) is 18.8. The molecule has 1 aromatic carbocycles. The number of benzene rings is 1. The van der Waals surface area contributed by atoms with E-state index in [1.807, 2.05) is 0 Å². The minimum Gasteiger partial charge on any atom is -0.324 e. The number of nitrogens with zero attached hydrogens (tertiary/aromatic N) is 6. The fourth-order valence-corrected chi connectivity index (χ4v) is 4.71. The standard InChI is InChI=1S/C25H20F4N6/c1-14-32-33-24-31-22(20-18(35(14)24)6-5-17(26)21(20)27)34-11-3-2-4-16-15(12-30-13-19(16)34)7-8-25(9-10-25)23(28)29/h5-6,12-13,23H,2-4,9-11H2,1H3. The Hall–Kier alpha value is -3.74. The third kappa shape index (κ3) is 3.40. The van der Waals surface area contributed by atoms with Gasteiger partial charge in [-0.15, -0.1) is 10.2 Å². The van der Waals surface area contributed by atoms with Gasteiger partial charge in [0.15, 0.2) is 11.6 Å². The van der Waals surface area contributed by atoms with E-state index in [2.05, 4.69) is 32.0 Å². The number of fused-ring (bicyclic) bond motifs is 4. The third-order valence-electron chi connectivity index (χ3n) is 6.84. The van der Waals surface area contributed by atoms with Crippen LogP contribution in [-0.4, -0.2) is 37.5 Å². The molecule has 0 atom stereocenters. The predicted molar refractivity (Wildman–Crippen MR) is 122 cm³/mol. The number of aryl methyl sites for hydroxylation is 1. The molecule has 6 rings (SSSR count). The summed E-state index contributed by atoms with van der Waals surface area (Å²) in [6, 6.07) is 2.56. The molecular formula is C25H20F4N6. The van der Waals surface area contributed by atoms with Gasteiger partial charge in [-0.25, -0.2) is 17.6 Å². The first-order valence-electron chi connectivity index (χ1n) is 11.4. The van der Waals surface area contributed by atoms with Gasteiger partial charge in [-0.2, -0.15) is 4.98 Å². The maximum atomic E-state index is 15.3. The average molecular weight is 480 g/mol. The fraction of sp³-hybridized carbons (Fsp3) is 0.360. The van der Waals surface area contributed by atoms with E-state index >= 15 is 4.39 Å². The van der Waals surface area contributed by atoms with Gasteiger partial charge in [-0.05, 0) is 56.7 Å². The monoisotopic (exact) mass is 480 g/mol. The van der Waals surface area contributed by atoms with Crippen LogP contribution in [0.25, 0.3) is 16.7 Å². The second kappa shape index (κ2) is 7.90. The highest BCUT2D eigenvalue weighted by atomic mass is 19.3. The molecule has 3 aromatic heterocycles. The Morgan fingerprint density at radius 1 is 1.09 bits per heavy atom. The molecule has 1 aliphatic carbocycles. The van der Waals surface area contributed by atoms with E-state index in [4.69, 9.17) is 0 Å². The van der Waals surface area contributed by atoms with E-state index in [1.54, 1.807) is 28.6 Å². The lowest BCUT2D eigenvalue weighted by Crippen LogP contribution is -2.21. The van der Waals surface area contributed by atoms with Crippen molar-refractivity contribution in [3.63, 3.8) is 0 Å². The Morgan fingerprint density at radius 3 is 2.69 bits per heavy atom. The predicted octanol–water partition coefficient (Wildman–Crippen LogP) is 5.13. The lowest BCUT2D eigenvalue weighted by atomic mass is 10.0. The van der Waals surface area contributed by atoms with Crippen LogP contribution in [0.1, 0.15) is 42.6 Å². The molecule has 0 radical (unpaired) electrons. The summed E-state index contributed by atoms with van der Waals surface area (Å²) >= 11 is 0. The van der Waals surface area contributed by atoms with Crippen molar-refractivity contribution in [2.24, 2.45) is 5.41 Å². The summed E-state index contributed by atoms with van der Waals surface area (Å²) < 4.78 is 58.0. The van der Waals surface area contributed by atoms with E-state index in [1.165, 1.54) is 6.07 Å². The maximum absolute atomic E-state index is 15.3. The van der Waals surface area contributed by atoms with Crippen molar-refractivity contribution in [2.45, 2.75) is 45.5 Å². The van der Waals surface area contributed by atoms with Crippen molar-refractivity contribution < 1.29 is 17.6 Å². The molecule has 178 valence electrons. The second-order valence-electron chi connectivity index (χ2n) is 9.07. The quantitative estimate of drug-likeness (QED) is 0.294. The minimum absolute atomic E-state index is 0.0133. The summed E-state index contributed by atoms with van der Waals surface area (Å²) in [5, 5.41) is 8.17. The zero-order valence-electron chi connectivity index (χ0n) is 18.8. The molecule has 1 saturated carbocycles. The second-order valence-corrected chi connectivity index (χ2v) is 9.07. The first-order chi connectivity index (χ1) is 16.9. The molecule has 0 unspecified atom stereocenters. The van der Waals surface area contributed by atoms with E-state index in [0.717, 1.165) is 24.5 Å². The summed E-state index contributed by atoms with van der Waals surface area (Å²) in [6.07, 6.45) is 3.69. The highest BCUT2D eigenvalue weighted by Gasteiger charge is 2.50. The van der Waals surface area contributed by atoms with Crippen LogP contribution in [-0.2, 0) is 6.42 Å². The molecule has 6 nitrogen and oxygen atoms in total. The Bertz CT molecular complexity index is 1550. The van der Waals surface area contributed by atoms with Gasteiger partial charge in [0.05, 0.1) is 28.2 Å². The average Bonchev–Trinajstić information content (AvgIpc) is 3.60. The topological polar surface area (TPSA) is 59.2 Å². The van der Waals surface area contributed by atoms with Crippen LogP contribution in [0.3, 0.4) is 0 Å². The largest absolute Gasteiger partial charge is 0.324 e. The van der Waals surface area contributed by atoms with Crippen molar-refractivity contribution in [3.05, 3.63) is 53.1 Å². The van der Waals surface area contributed by atoms with Crippen molar-refractivity contribution >= 4 is 28.2 Å². The molecule has 4 heterocycles. The number of anilines is 2. The van der Waals surface area contributed by atoms with Crippen molar-refractivity contribution in [1.82, 2.24) is 24.6 Å². The first-order valence-corrected chi connectivity index (χ1v) is 11.4. The molecule has 2 aliphatic rings. The van der Waals surface area contributed by atoms with Crippen LogP contribution in [0.2, 0.25) is 0 Å². The summed E-state index contributed by atoms with van der Waals surface area (Å²) in [6.45, 7) is 2.19. The van der Waals surface area contributed by atoms with Gasteiger partial charge < -0.3 is 4.90 Å². The van der Waals surface area contributed by atoms with Gasteiger partial charge in [-0.1, -0.05) is 11.8 Å². The molecule has 4 aromatic rings. The van der Waals surface area contributed by atoms with Crippen molar-refractivity contribution in [3.8, 4) is 11.8 Å². The summed E-state index contributed by atoms with van der Waals surface area (Å²) in [4.78, 5) is 10.7. The fourth-order valence-electron chi connectivity index (χ4n) is 4.71. The minimum atomic E-state index is -2.49. The Morgan fingerprint density at radius 2 is 1.91 bits per heavy atom. The Labute approximate surface area is 198 Å². The molecule has 0 bridgehead atoms. The van der Waals surface area contributed by atoms with Crippen molar-refractivity contribution in [1.29, 1.82) is 0 Å². The zero-order chi connectivity index (χ0) is 24.3. The summed E-state index contributed by atoms with van der Waals surface area (Å²) in [5.41, 5.74) is 1.21. The molecule has 0 amide bonds.